The molecule has 1 aliphatic rings. The average molecular weight is 391 g/mol. The van der Waals surface area contributed by atoms with Gasteiger partial charge in [0.2, 0.25) is 0 Å². The Balaban J connectivity index is 2.12. The third-order valence-electron chi connectivity index (χ3n) is 5.14. The van der Waals surface area contributed by atoms with Crippen molar-refractivity contribution in [1.82, 2.24) is 0 Å². The molecule has 0 heterocycles. The predicted octanol–water partition coefficient (Wildman–Crippen LogP) is 2.58. The van der Waals surface area contributed by atoms with Gasteiger partial charge in [-0.15, -0.1) is 0 Å². The zero-order valence-electron chi connectivity index (χ0n) is 15.2. The van der Waals surface area contributed by atoms with Crippen LogP contribution in [0.3, 0.4) is 0 Å². The van der Waals surface area contributed by atoms with E-state index in [0.29, 0.717) is 5.56 Å². The molecule has 27 heavy (non-hydrogen) atoms. The molecule has 5 nitrogen and oxygen atoms in total. The van der Waals surface area contributed by atoms with E-state index < -0.39 is 38.2 Å². The molecule has 3 atom stereocenters. The molecule has 1 aliphatic carbocycles. The van der Waals surface area contributed by atoms with Crippen molar-refractivity contribution >= 4 is 15.8 Å². The monoisotopic (exact) mass is 391 g/mol. The van der Waals surface area contributed by atoms with Gasteiger partial charge >= 0.3 is 5.97 Å². The molecule has 1 saturated carbocycles. The van der Waals surface area contributed by atoms with Crippen LogP contribution in [0.5, 0.6) is 0 Å². The van der Waals surface area contributed by atoms with E-state index in [1.54, 1.807) is 25.1 Å². The number of sulfone groups is 1. The van der Waals surface area contributed by atoms with Gasteiger partial charge in [0.15, 0.2) is 9.84 Å². The highest BCUT2D eigenvalue weighted by Gasteiger charge is 2.75. The SMILES string of the molecule is CCOC(=O)[C@@]1(CN)[C@@H](c2cccc(F)c2)[C@@H]1S(=O)(=O)c1ccc(C)cc1. The molecular formula is C20H22FNO4S. The first-order valence-corrected chi connectivity index (χ1v) is 10.3. The van der Waals surface area contributed by atoms with Crippen molar-refractivity contribution < 1.29 is 22.3 Å². The number of aryl methyl sites for hydroxylation is 1. The first kappa shape index (κ1) is 19.5. The lowest BCUT2D eigenvalue weighted by Gasteiger charge is -2.14. The van der Waals surface area contributed by atoms with Crippen molar-refractivity contribution in [3.8, 4) is 0 Å². The Morgan fingerprint density at radius 3 is 2.44 bits per heavy atom. The van der Waals surface area contributed by atoms with Crippen LogP contribution < -0.4 is 5.73 Å². The van der Waals surface area contributed by atoms with Gasteiger partial charge in [-0.05, 0) is 43.7 Å². The Morgan fingerprint density at radius 2 is 1.89 bits per heavy atom. The minimum Gasteiger partial charge on any atom is -0.465 e. The van der Waals surface area contributed by atoms with Crippen molar-refractivity contribution in [1.29, 1.82) is 0 Å². The van der Waals surface area contributed by atoms with Gasteiger partial charge in [-0.2, -0.15) is 0 Å². The molecule has 144 valence electrons. The molecule has 7 heteroatoms. The van der Waals surface area contributed by atoms with E-state index in [9.17, 15) is 17.6 Å². The van der Waals surface area contributed by atoms with Gasteiger partial charge in [0, 0.05) is 12.5 Å². The van der Waals surface area contributed by atoms with E-state index in [4.69, 9.17) is 10.5 Å². The predicted molar refractivity (Wildman–Crippen MR) is 99.4 cm³/mol. The summed E-state index contributed by atoms with van der Waals surface area (Å²) in [7, 11) is -3.88. The van der Waals surface area contributed by atoms with Crippen LogP contribution in [0.4, 0.5) is 4.39 Å². The van der Waals surface area contributed by atoms with Crippen molar-refractivity contribution in [3.63, 3.8) is 0 Å². The lowest BCUT2D eigenvalue weighted by molar-refractivity contribution is -0.149. The van der Waals surface area contributed by atoms with Crippen molar-refractivity contribution in [2.45, 2.75) is 29.9 Å². The van der Waals surface area contributed by atoms with Gasteiger partial charge in [-0.3, -0.25) is 4.79 Å². The summed E-state index contributed by atoms with van der Waals surface area (Å²) in [5, 5.41) is -1.10. The van der Waals surface area contributed by atoms with Crippen molar-refractivity contribution in [3.05, 3.63) is 65.5 Å². The molecule has 0 aromatic heterocycles. The van der Waals surface area contributed by atoms with Crippen LogP contribution in [0, 0.1) is 18.2 Å². The maximum Gasteiger partial charge on any atom is 0.315 e. The Morgan fingerprint density at radius 1 is 1.22 bits per heavy atom. The number of hydrogen-bond donors (Lipinski definition) is 1. The maximum absolute atomic E-state index is 13.8. The van der Waals surface area contributed by atoms with E-state index in [1.165, 1.54) is 30.3 Å². The molecule has 2 aromatic rings. The van der Waals surface area contributed by atoms with Crippen LogP contribution in [0.25, 0.3) is 0 Å². The summed E-state index contributed by atoms with van der Waals surface area (Å²) < 4.78 is 45.5. The van der Waals surface area contributed by atoms with Crippen LogP contribution in [0.2, 0.25) is 0 Å². The molecule has 0 saturated heterocycles. The second-order valence-electron chi connectivity index (χ2n) is 6.78. The number of carbonyl (C=O) groups is 1. The minimum atomic E-state index is -3.88. The van der Waals surface area contributed by atoms with Gasteiger partial charge in [-0.25, -0.2) is 12.8 Å². The Labute approximate surface area is 158 Å². The molecule has 3 rings (SSSR count). The number of rotatable bonds is 6. The fourth-order valence-electron chi connectivity index (χ4n) is 3.74. The summed E-state index contributed by atoms with van der Waals surface area (Å²) in [6.45, 7) is 3.40. The van der Waals surface area contributed by atoms with Gasteiger partial charge in [0.1, 0.15) is 11.2 Å². The topological polar surface area (TPSA) is 86.5 Å². The molecular weight excluding hydrogens is 369 g/mol. The van der Waals surface area contributed by atoms with E-state index >= 15 is 0 Å². The van der Waals surface area contributed by atoms with Crippen molar-refractivity contribution in [2.24, 2.45) is 11.1 Å². The normalized spacial score (nSPS) is 24.4. The second kappa shape index (κ2) is 7.05. The third-order valence-corrected chi connectivity index (χ3v) is 7.43. The molecule has 0 aliphatic heterocycles. The summed E-state index contributed by atoms with van der Waals surface area (Å²) in [4.78, 5) is 12.8. The Bertz CT molecular complexity index is 958. The molecule has 2 N–H and O–H groups in total. The lowest BCUT2D eigenvalue weighted by atomic mass is 9.99. The third kappa shape index (κ3) is 3.15. The van der Waals surface area contributed by atoms with Crippen LogP contribution in [0.15, 0.2) is 53.4 Å². The number of carbonyl (C=O) groups excluding carboxylic acids is 1. The van der Waals surface area contributed by atoms with Gasteiger partial charge in [0.25, 0.3) is 0 Å². The van der Waals surface area contributed by atoms with Crippen LogP contribution in [-0.4, -0.2) is 32.8 Å². The van der Waals surface area contributed by atoms with Crippen LogP contribution in [0.1, 0.15) is 24.0 Å². The molecule has 0 unspecified atom stereocenters. The van der Waals surface area contributed by atoms with Gasteiger partial charge in [-0.1, -0.05) is 29.8 Å². The lowest BCUT2D eigenvalue weighted by Crippen LogP contribution is -2.33. The van der Waals surface area contributed by atoms with E-state index in [1.807, 2.05) is 6.92 Å². The summed E-state index contributed by atoms with van der Waals surface area (Å²) in [6, 6.07) is 12.0. The maximum atomic E-state index is 13.8. The summed E-state index contributed by atoms with van der Waals surface area (Å²) in [5.41, 5.74) is 5.82. The molecule has 0 amide bonds. The zero-order chi connectivity index (χ0) is 19.8. The van der Waals surface area contributed by atoms with Gasteiger partial charge < -0.3 is 10.5 Å². The first-order chi connectivity index (χ1) is 12.8. The summed E-state index contributed by atoms with van der Waals surface area (Å²) in [6.07, 6.45) is 0. The standard InChI is InChI=1S/C20H22FNO4S/c1-3-26-19(23)20(12-22)17(14-5-4-6-15(21)11-14)18(20)27(24,25)16-9-7-13(2)8-10-16/h4-11,17-18H,3,12,22H2,1-2H3/t17-,18-,20-/m0/s1. The number of halogens is 1. The molecule has 0 spiro atoms. The highest BCUT2D eigenvalue weighted by Crippen LogP contribution is 2.64. The number of esters is 1. The first-order valence-electron chi connectivity index (χ1n) is 8.72. The number of hydrogen-bond acceptors (Lipinski definition) is 5. The smallest absolute Gasteiger partial charge is 0.315 e. The highest BCUT2D eigenvalue weighted by molar-refractivity contribution is 7.92. The molecule has 0 bridgehead atoms. The molecule has 2 aromatic carbocycles. The van der Waals surface area contributed by atoms with Crippen LogP contribution >= 0.6 is 0 Å². The molecule has 1 fully saturated rings. The highest BCUT2D eigenvalue weighted by atomic mass is 32.2. The second-order valence-corrected chi connectivity index (χ2v) is 8.85. The van der Waals surface area contributed by atoms with Gasteiger partial charge in [0.05, 0.1) is 16.8 Å². The van der Waals surface area contributed by atoms with E-state index in [-0.39, 0.29) is 18.0 Å². The average Bonchev–Trinajstić information content (AvgIpc) is 3.34. The fraction of sp³-hybridized carbons (Fsp3) is 0.350. The summed E-state index contributed by atoms with van der Waals surface area (Å²) in [5.74, 6) is -1.92. The van der Waals surface area contributed by atoms with Crippen LogP contribution in [-0.2, 0) is 19.4 Å². The Hall–Kier alpha value is -2.25. The fourth-order valence-corrected chi connectivity index (χ4v) is 6.12. The minimum absolute atomic E-state index is 0.105. The number of benzene rings is 2. The molecule has 0 radical (unpaired) electrons. The largest absolute Gasteiger partial charge is 0.465 e. The van der Waals surface area contributed by atoms with Crippen molar-refractivity contribution in [2.75, 3.05) is 13.2 Å². The number of nitrogens with two attached hydrogens (primary N) is 1. The summed E-state index contributed by atoms with van der Waals surface area (Å²) >= 11 is 0. The zero-order valence-corrected chi connectivity index (χ0v) is 16.0. The van der Waals surface area contributed by atoms with E-state index in [2.05, 4.69) is 0 Å². The Kier molecular flexibility index (Phi) is 5.10. The quantitative estimate of drug-likeness (QED) is 0.765. The number of ether oxygens (including phenoxy) is 1. The van der Waals surface area contributed by atoms with E-state index in [0.717, 1.165) is 5.56 Å².